The van der Waals surface area contributed by atoms with Crippen LogP contribution in [-0.2, 0) is 11.8 Å². The van der Waals surface area contributed by atoms with E-state index in [0.717, 1.165) is 12.0 Å². The van der Waals surface area contributed by atoms with Crippen molar-refractivity contribution in [3.63, 3.8) is 0 Å². The molecule has 1 aliphatic heterocycles. The Morgan fingerprint density at radius 1 is 1.26 bits per heavy atom. The molecule has 102 valence electrons. The Balaban J connectivity index is 1.90. The number of aromatic hydroxyl groups is 1. The summed E-state index contributed by atoms with van der Waals surface area (Å²) in [7, 11) is 2.30. The quantitative estimate of drug-likeness (QED) is 0.772. The van der Waals surface area contributed by atoms with E-state index in [1.807, 2.05) is 6.07 Å². The number of fused-ring (bicyclic) bond motifs is 1. The third-order valence-electron chi connectivity index (χ3n) is 6.10. The van der Waals surface area contributed by atoms with Crippen LogP contribution in [0.2, 0.25) is 0 Å². The number of likely N-dealkylation sites (N-methyl/N-ethyl adjacent to an activating group) is 1. The highest BCUT2D eigenvalue weighted by Gasteiger charge is 2.52. The first-order valence-corrected chi connectivity index (χ1v) is 7.73. The number of phenols is 1. The maximum atomic E-state index is 9.91. The minimum atomic E-state index is 0.377. The minimum Gasteiger partial charge on any atom is -0.508 e. The van der Waals surface area contributed by atoms with Gasteiger partial charge in [0.25, 0.3) is 0 Å². The molecule has 0 radical (unpaired) electrons. The molecule has 0 spiro atoms. The van der Waals surface area contributed by atoms with Gasteiger partial charge in [-0.2, -0.15) is 0 Å². The van der Waals surface area contributed by atoms with Crippen LogP contribution in [0, 0.1) is 5.92 Å². The van der Waals surface area contributed by atoms with E-state index >= 15 is 0 Å². The molecule has 1 N–H and O–H groups in total. The number of benzene rings is 1. The minimum absolute atomic E-state index is 0.377. The largest absolute Gasteiger partial charge is 0.508 e. The van der Waals surface area contributed by atoms with Gasteiger partial charge in [0.2, 0.25) is 0 Å². The van der Waals surface area contributed by atoms with Gasteiger partial charge in [-0.15, -0.1) is 0 Å². The van der Waals surface area contributed by atoms with Crippen molar-refractivity contribution in [2.75, 3.05) is 13.6 Å². The Kier molecular flexibility index (Phi) is 2.47. The summed E-state index contributed by atoms with van der Waals surface area (Å²) in [6, 6.07) is 6.85. The molecule has 1 aromatic carbocycles. The molecule has 2 heteroatoms. The van der Waals surface area contributed by atoms with Gasteiger partial charge in [-0.3, -0.25) is 0 Å². The maximum absolute atomic E-state index is 9.91. The lowest BCUT2D eigenvalue weighted by atomic mass is 9.52. The molecule has 2 aliphatic carbocycles. The molecule has 3 atom stereocenters. The zero-order valence-electron chi connectivity index (χ0n) is 11.7. The second-order valence-electron chi connectivity index (χ2n) is 6.85. The van der Waals surface area contributed by atoms with Crippen LogP contribution < -0.4 is 0 Å². The van der Waals surface area contributed by atoms with E-state index in [1.54, 1.807) is 0 Å². The molecule has 19 heavy (non-hydrogen) atoms. The Morgan fingerprint density at radius 2 is 2.16 bits per heavy atom. The van der Waals surface area contributed by atoms with Crippen molar-refractivity contribution in [3.8, 4) is 5.75 Å². The van der Waals surface area contributed by atoms with Gasteiger partial charge in [0.05, 0.1) is 0 Å². The van der Waals surface area contributed by atoms with Crippen molar-refractivity contribution >= 4 is 0 Å². The van der Waals surface area contributed by atoms with Crippen molar-refractivity contribution in [2.45, 2.75) is 50.0 Å². The Labute approximate surface area is 115 Å². The molecule has 1 heterocycles. The van der Waals surface area contributed by atoms with E-state index in [2.05, 4.69) is 24.1 Å². The first kappa shape index (κ1) is 11.8. The van der Waals surface area contributed by atoms with E-state index in [9.17, 15) is 5.11 Å². The van der Waals surface area contributed by atoms with Crippen molar-refractivity contribution in [1.82, 2.24) is 4.90 Å². The van der Waals surface area contributed by atoms with Gasteiger partial charge in [-0.05, 0) is 68.5 Å². The first-order valence-electron chi connectivity index (χ1n) is 7.73. The van der Waals surface area contributed by atoms with Crippen molar-refractivity contribution in [1.29, 1.82) is 0 Å². The van der Waals surface area contributed by atoms with Crippen molar-refractivity contribution in [3.05, 3.63) is 29.3 Å². The predicted molar refractivity (Wildman–Crippen MR) is 76.5 cm³/mol. The molecule has 2 nitrogen and oxygen atoms in total. The van der Waals surface area contributed by atoms with Crippen LogP contribution in [0.15, 0.2) is 18.2 Å². The average Bonchev–Trinajstić information content (AvgIpc) is 2.43. The summed E-state index contributed by atoms with van der Waals surface area (Å²) in [5, 5.41) is 9.91. The van der Waals surface area contributed by atoms with Gasteiger partial charge >= 0.3 is 0 Å². The first-order chi connectivity index (χ1) is 9.21. The van der Waals surface area contributed by atoms with E-state index in [4.69, 9.17) is 0 Å². The van der Waals surface area contributed by atoms with Gasteiger partial charge in [0.15, 0.2) is 0 Å². The summed E-state index contributed by atoms with van der Waals surface area (Å²) in [5.41, 5.74) is 3.36. The zero-order valence-corrected chi connectivity index (χ0v) is 11.7. The Bertz CT molecular complexity index is 512. The Morgan fingerprint density at radius 3 is 3.05 bits per heavy atom. The van der Waals surface area contributed by atoms with Gasteiger partial charge in [0, 0.05) is 11.5 Å². The molecular weight excluding hydrogens is 234 g/mol. The Hall–Kier alpha value is -1.02. The molecule has 1 saturated heterocycles. The molecule has 0 amide bonds. The predicted octanol–water partition coefficient (Wildman–Crippen LogP) is 3.08. The fraction of sp³-hybridized carbons (Fsp3) is 0.647. The lowest BCUT2D eigenvalue weighted by molar-refractivity contribution is 0.00274. The van der Waals surface area contributed by atoms with Crippen LogP contribution in [0.5, 0.6) is 5.75 Å². The van der Waals surface area contributed by atoms with Gasteiger partial charge < -0.3 is 10.0 Å². The molecule has 2 bridgehead atoms. The summed E-state index contributed by atoms with van der Waals surface area (Å²) < 4.78 is 0. The van der Waals surface area contributed by atoms with Crippen LogP contribution in [-0.4, -0.2) is 29.6 Å². The maximum Gasteiger partial charge on any atom is 0.115 e. The standard InChI is InChI=1S/C17H23NO/c1-18-9-8-17-7-3-2-4-14(17)16(18)10-12-5-6-13(19)11-15(12)17/h5-6,11,14,16,19H,2-4,7-10H2,1H3/t14-,16-,17-/m1/s1. The van der Waals surface area contributed by atoms with Crippen molar-refractivity contribution in [2.24, 2.45) is 5.92 Å². The molecule has 3 aliphatic rings. The van der Waals surface area contributed by atoms with Crippen LogP contribution in [0.3, 0.4) is 0 Å². The second-order valence-corrected chi connectivity index (χ2v) is 6.85. The normalized spacial score (nSPS) is 37.5. The monoisotopic (exact) mass is 257 g/mol. The number of nitrogens with zero attached hydrogens (tertiary/aromatic N) is 1. The molecular formula is C17H23NO. The lowest BCUT2D eigenvalue weighted by Crippen LogP contribution is -2.59. The van der Waals surface area contributed by atoms with Gasteiger partial charge in [-0.1, -0.05) is 18.9 Å². The average molecular weight is 257 g/mol. The smallest absolute Gasteiger partial charge is 0.115 e. The summed E-state index contributed by atoms with van der Waals surface area (Å²) in [5.74, 6) is 1.27. The van der Waals surface area contributed by atoms with Crippen LogP contribution >= 0.6 is 0 Å². The van der Waals surface area contributed by atoms with E-state index in [-0.39, 0.29) is 0 Å². The molecule has 0 aromatic heterocycles. The second kappa shape index (κ2) is 3.99. The fourth-order valence-electron chi connectivity index (χ4n) is 5.18. The number of hydrogen-bond acceptors (Lipinski definition) is 2. The lowest BCUT2D eigenvalue weighted by Gasteiger charge is -2.58. The van der Waals surface area contributed by atoms with Crippen molar-refractivity contribution < 1.29 is 5.11 Å². The van der Waals surface area contributed by atoms with E-state index in [0.29, 0.717) is 11.2 Å². The SMILES string of the molecule is CN1CC[C@]23CCCC[C@@H]2[C@H]1Cc1ccc(O)cc13. The highest BCUT2D eigenvalue weighted by Crippen LogP contribution is 2.55. The van der Waals surface area contributed by atoms with Gasteiger partial charge in [0.1, 0.15) is 5.75 Å². The fourth-order valence-corrected chi connectivity index (χ4v) is 5.18. The third kappa shape index (κ3) is 1.53. The third-order valence-corrected chi connectivity index (χ3v) is 6.10. The topological polar surface area (TPSA) is 23.5 Å². The van der Waals surface area contributed by atoms with E-state index < -0.39 is 0 Å². The summed E-state index contributed by atoms with van der Waals surface area (Å²) in [6.45, 7) is 1.22. The highest BCUT2D eigenvalue weighted by atomic mass is 16.3. The molecule has 4 rings (SSSR count). The van der Waals surface area contributed by atoms with E-state index in [1.165, 1.54) is 56.2 Å². The number of piperidine rings is 1. The summed E-state index contributed by atoms with van der Waals surface area (Å²) in [6.07, 6.45) is 7.93. The van der Waals surface area contributed by atoms with Gasteiger partial charge in [-0.25, -0.2) is 0 Å². The zero-order chi connectivity index (χ0) is 13.0. The molecule has 2 fully saturated rings. The number of hydrogen-bond donors (Lipinski definition) is 1. The van der Waals surface area contributed by atoms with Crippen LogP contribution in [0.25, 0.3) is 0 Å². The number of phenolic OH excluding ortho intramolecular Hbond substituents is 1. The number of rotatable bonds is 0. The summed E-state index contributed by atoms with van der Waals surface area (Å²) in [4.78, 5) is 2.59. The highest BCUT2D eigenvalue weighted by molar-refractivity contribution is 5.45. The summed E-state index contributed by atoms with van der Waals surface area (Å²) >= 11 is 0. The molecule has 1 saturated carbocycles. The molecule has 1 aromatic rings. The van der Waals surface area contributed by atoms with Crippen LogP contribution in [0.1, 0.15) is 43.2 Å². The molecule has 0 unspecified atom stereocenters. The number of likely N-dealkylation sites (tertiary alicyclic amines) is 1. The van der Waals surface area contributed by atoms with Crippen LogP contribution in [0.4, 0.5) is 0 Å².